The van der Waals surface area contributed by atoms with Gasteiger partial charge in [0.1, 0.15) is 0 Å². The van der Waals surface area contributed by atoms with Gasteiger partial charge in [-0.2, -0.15) is 10.2 Å². The minimum atomic E-state index is -0.622. The highest BCUT2D eigenvalue weighted by Crippen LogP contribution is 2.29. The first-order valence-corrected chi connectivity index (χ1v) is 7.70. The van der Waals surface area contributed by atoms with Crippen LogP contribution in [0.15, 0.2) is 0 Å². The molecule has 2 rings (SSSR count). The molecule has 0 radical (unpaired) electrons. The summed E-state index contributed by atoms with van der Waals surface area (Å²) in [5.41, 5.74) is 4.51. The van der Waals surface area contributed by atoms with Crippen LogP contribution in [0.4, 0.5) is 0 Å². The van der Waals surface area contributed by atoms with Crippen molar-refractivity contribution in [1.29, 1.82) is 0 Å². The number of aliphatic hydroxyl groups is 1. The fourth-order valence-corrected chi connectivity index (χ4v) is 3.12. The molecule has 0 fully saturated rings. The number of halogens is 1. The molecule has 1 atom stereocenters. The van der Waals surface area contributed by atoms with E-state index in [0.717, 1.165) is 41.3 Å². The van der Waals surface area contributed by atoms with Crippen molar-refractivity contribution in [1.82, 2.24) is 19.6 Å². The Morgan fingerprint density at radius 1 is 1.24 bits per heavy atom. The van der Waals surface area contributed by atoms with E-state index in [9.17, 15) is 5.11 Å². The number of hydrogen-bond donors (Lipinski definition) is 1. The van der Waals surface area contributed by atoms with Gasteiger partial charge in [-0.05, 0) is 27.2 Å². The maximum Gasteiger partial charge on any atom is 0.0881 e. The van der Waals surface area contributed by atoms with Crippen molar-refractivity contribution in [2.24, 2.45) is 7.05 Å². The van der Waals surface area contributed by atoms with Crippen LogP contribution >= 0.6 is 11.6 Å². The largest absolute Gasteiger partial charge is 0.388 e. The van der Waals surface area contributed by atoms with Crippen LogP contribution in [0.25, 0.3) is 0 Å². The summed E-state index contributed by atoms with van der Waals surface area (Å²) in [4.78, 5) is 0. The van der Waals surface area contributed by atoms with Crippen molar-refractivity contribution < 1.29 is 5.11 Å². The van der Waals surface area contributed by atoms with Gasteiger partial charge in [-0.25, -0.2) is 0 Å². The van der Waals surface area contributed by atoms with E-state index in [1.807, 2.05) is 39.4 Å². The van der Waals surface area contributed by atoms with Crippen LogP contribution in [0.5, 0.6) is 0 Å². The fraction of sp³-hybridized carbons (Fsp3) is 0.600. The van der Waals surface area contributed by atoms with Crippen LogP contribution in [-0.2, 0) is 26.4 Å². The summed E-state index contributed by atoms with van der Waals surface area (Å²) < 4.78 is 3.68. The Labute approximate surface area is 130 Å². The van der Waals surface area contributed by atoms with Crippen molar-refractivity contribution >= 4 is 11.6 Å². The zero-order chi connectivity index (χ0) is 15.7. The Balaban J connectivity index is 2.35. The summed E-state index contributed by atoms with van der Waals surface area (Å²) in [7, 11) is 1.89. The molecule has 2 aromatic rings. The molecule has 116 valence electrons. The number of nitrogens with zero attached hydrogens (tertiary/aromatic N) is 4. The number of rotatable bonds is 5. The van der Waals surface area contributed by atoms with Crippen molar-refractivity contribution in [3.63, 3.8) is 0 Å². The second-order valence-electron chi connectivity index (χ2n) is 5.30. The molecule has 0 bridgehead atoms. The number of aromatic nitrogens is 4. The van der Waals surface area contributed by atoms with Crippen LogP contribution < -0.4 is 0 Å². The van der Waals surface area contributed by atoms with Crippen molar-refractivity contribution in [3.8, 4) is 0 Å². The molecule has 5 nitrogen and oxygen atoms in total. The van der Waals surface area contributed by atoms with Gasteiger partial charge in [-0.3, -0.25) is 9.36 Å². The molecule has 6 heteroatoms. The van der Waals surface area contributed by atoms with Gasteiger partial charge in [0.2, 0.25) is 0 Å². The monoisotopic (exact) mass is 310 g/mol. The summed E-state index contributed by atoms with van der Waals surface area (Å²) in [6, 6.07) is 0. The van der Waals surface area contributed by atoms with Crippen molar-refractivity contribution in [2.45, 2.75) is 53.2 Å². The number of aliphatic hydroxyl groups excluding tert-OH is 1. The van der Waals surface area contributed by atoms with E-state index in [4.69, 9.17) is 11.6 Å². The van der Waals surface area contributed by atoms with E-state index >= 15 is 0 Å². The Kier molecular flexibility index (Phi) is 4.74. The molecule has 0 aliphatic carbocycles. The summed E-state index contributed by atoms with van der Waals surface area (Å²) in [6.45, 7) is 8.69. The molecule has 0 aliphatic heterocycles. The normalized spacial score (nSPS) is 12.9. The second-order valence-corrected chi connectivity index (χ2v) is 5.68. The fourth-order valence-electron chi connectivity index (χ4n) is 2.77. The first-order chi connectivity index (χ1) is 9.90. The van der Waals surface area contributed by atoms with E-state index in [-0.39, 0.29) is 0 Å². The summed E-state index contributed by atoms with van der Waals surface area (Å²) >= 11 is 6.41. The van der Waals surface area contributed by atoms with Crippen LogP contribution in [0.1, 0.15) is 48.3 Å². The standard InChI is InChI=1S/C15H23ClN4O/c1-6-11-15(16)12(20(7-2)18-11)8-13(21)14-9(3)17-19(5)10(14)4/h13,21H,6-8H2,1-5H3. The number of hydrogen-bond acceptors (Lipinski definition) is 3. The molecule has 0 saturated heterocycles. The number of aryl methyl sites for hydroxylation is 4. The van der Waals surface area contributed by atoms with E-state index in [2.05, 4.69) is 10.2 Å². The summed E-state index contributed by atoms with van der Waals surface area (Å²) in [5, 5.41) is 20.2. The molecule has 0 saturated carbocycles. The highest BCUT2D eigenvalue weighted by atomic mass is 35.5. The highest BCUT2D eigenvalue weighted by Gasteiger charge is 2.23. The van der Waals surface area contributed by atoms with Gasteiger partial charge in [-0.1, -0.05) is 18.5 Å². The van der Waals surface area contributed by atoms with Gasteiger partial charge < -0.3 is 5.11 Å². The molecule has 2 aromatic heterocycles. The smallest absolute Gasteiger partial charge is 0.0881 e. The van der Waals surface area contributed by atoms with E-state index < -0.39 is 6.10 Å². The van der Waals surface area contributed by atoms with Gasteiger partial charge in [0.05, 0.1) is 28.2 Å². The molecule has 0 aliphatic rings. The maximum atomic E-state index is 10.6. The van der Waals surface area contributed by atoms with Gasteiger partial charge in [-0.15, -0.1) is 0 Å². The van der Waals surface area contributed by atoms with Crippen molar-refractivity contribution in [3.05, 3.63) is 33.4 Å². The molecule has 2 heterocycles. The predicted octanol–water partition coefficient (Wildman–Crippen LogP) is 2.75. The third-order valence-electron chi connectivity index (χ3n) is 3.98. The molecule has 0 spiro atoms. The van der Waals surface area contributed by atoms with Crippen LogP contribution in [0.2, 0.25) is 5.02 Å². The molecule has 0 amide bonds. The highest BCUT2D eigenvalue weighted by molar-refractivity contribution is 6.31. The Bertz CT molecular complexity index is 645. The topological polar surface area (TPSA) is 55.9 Å². The second kappa shape index (κ2) is 6.20. The van der Waals surface area contributed by atoms with Gasteiger partial charge in [0.25, 0.3) is 0 Å². The van der Waals surface area contributed by atoms with Gasteiger partial charge in [0, 0.05) is 31.3 Å². The zero-order valence-electron chi connectivity index (χ0n) is 13.3. The maximum absolute atomic E-state index is 10.6. The van der Waals surface area contributed by atoms with Crippen molar-refractivity contribution in [2.75, 3.05) is 0 Å². The van der Waals surface area contributed by atoms with E-state index in [1.54, 1.807) is 4.68 Å². The van der Waals surface area contributed by atoms with E-state index in [1.165, 1.54) is 0 Å². The molecule has 1 N–H and O–H groups in total. The quantitative estimate of drug-likeness (QED) is 0.924. The first-order valence-electron chi connectivity index (χ1n) is 7.32. The molecular formula is C15H23ClN4O. The third kappa shape index (κ3) is 2.85. The Hall–Kier alpha value is -1.33. The summed E-state index contributed by atoms with van der Waals surface area (Å²) in [6.07, 6.45) is 0.621. The third-order valence-corrected chi connectivity index (χ3v) is 4.42. The lowest BCUT2D eigenvalue weighted by Gasteiger charge is -2.13. The Morgan fingerprint density at radius 3 is 2.38 bits per heavy atom. The average molecular weight is 311 g/mol. The lowest BCUT2D eigenvalue weighted by atomic mass is 10.0. The molecular weight excluding hydrogens is 288 g/mol. The molecule has 21 heavy (non-hydrogen) atoms. The molecule has 0 aromatic carbocycles. The lowest BCUT2D eigenvalue weighted by molar-refractivity contribution is 0.174. The minimum absolute atomic E-state index is 0.451. The predicted molar refractivity (Wildman–Crippen MR) is 83.6 cm³/mol. The van der Waals surface area contributed by atoms with Crippen LogP contribution in [-0.4, -0.2) is 24.7 Å². The lowest BCUT2D eigenvalue weighted by Crippen LogP contribution is -2.10. The first kappa shape index (κ1) is 16.0. The Morgan fingerprint density at radius 2 is 1.90 bits per heavy atom. The van der Waals surface area contributed by atoms with E-state index in [0.29, 0.717) is 11.4 Å². The SMILES string of the molecule is CCc1nn(CC)c(CC(O)c2c(C)nn(C)c2C)c1Cl. The van der Waals surface area contributed by atoms with Crippen LogP contribution in [0.3, 0.4) is 0 Å². The average Bonchev–Trinajstić information content (AvgIpc) is 2.88. The zero-order valence-corrected chi connectivity index (χ0v) is 14.1. The van der Waals surface area contributed by atoms with Crippen LogP contribution in [0, 0.1) is 13.8 Å². The summed E-state index contributed by atoms with van der Waals surface area (Å²) in [5.74, 6) is 0. The minimum Gasteiger partial charge on any atom is -0.388 e. The van der Waals surface area contributed by atoms with Gasteiger partial charge in [0.15, 0.2) is 0 Å². The van der Waals surface area contributed by atoms with Gasteiger partial charge >= 0.3 is 0 Å². The molecule has 1 unspecified atom stereocenters.